The van der Waals surface area contributed by atoms with Gasteiger partial charge in [0, 0.05) is 18.0 Å². The highest BCUT2D eigenvalue weighted by Crippen LogP contribution is 1.87. The van der Waals surface area contributed by atoms with Crippen LogP contribution in [0.1, 0.15) is 11.5 Å². The summed E-state index contributed by atoms with van der Waals surface area (Å²) >= 11 is 0. The molecule has 0 aliphatic heterocycles. The topological polar surface area (TPSA) is 25.8 Å². The van der Waals surface area contributed by atoms with Crippen molar-refractivity contribution in [2.75, 3.05) is 0 Å². The first kappa shape index (κ1) is 5.22. The Balaban J connectivity index is 3.08. The van der Waals surface area contributed by atoms with Gasteiger partial charge >= 0.3 is 0 Å². The van der Waals surface area contributed by atoms with Crippen molar-refractivity contribution in [3.05, 3.63) is 23.8 Å². The second-order valence-electron chi connectivity index (χ2n) is 1.65. The maximum Gasteiger partial charge on any atom is 0.125 e. The van der Waals surface area contributed by atoms with Crippen molar-refractivity contribution in [3.8, 4) is 0 Å². The first-order valence-corrected chi connectivity index (χ1v) is 2.47. The molecule has 0 saturated carbocycles. The largest absolute Gasteiger partial charge is 0.241 e. The Hall–Kier alpha value is -0.920. The Morgan fingerprint density at radius 2 is 2.25 bits per heavy atom. The van der Waals surface area contributed by atoms with E-state index in [1.54, 1.807) is 6.20 Å². The van der Waals surface area contributed by atoms with E-state index >= 15 is 0 Å². The van der Waals surface area contributed by atoms with Crippen LogP contribution in [0.15, 0.2) is 6.20 Å². The molecule has 1 radical (unpaired) electrons. The van der Waals surface area contributed by atoms with Crippen molar-refractivity contribution in [1.29, 1.82) is 0 Å². The van der Waals surface area contributed by atoms with Crippen LogP contribution in [0.3, 0.4) is 0 Å². The van der Waals surface area contributed by atoms with Crippen LogP contribution in [0.25, 0.3) is 0 Å². The second kappa shape index (κ2) is 1.90. The Bertz CT molecular complexity index is 166. The molecule has 1 aromatic rings. The summed E-state index contributed by atoms with van der Waals surface area (Å²) in [5, 5.41) is 0. The predicted octanol–water partition coefficient (Wildman–Crippen LogP) is 0.894. The first-order chi connectivity index (χ1) is 3.79. The Morgan fingerprint density at radius 1 is 1.50 bits per heavy atom. The quantitative estimate of drug-likeness (QED) is 0.492. The zero-order valence-electron chi connectivity index (χ0n) is 4.97. The van der Waals surface area contributed by atoms with Gasteiger partial charge in [-0.3, -0.25) is 0 Å². The third-order valence-corrected chi connectivity index (χ3v) is 0.854. The maximum atomic E-state index is 4.01. The van der Waals surface area contributed by atoms with Gasteiger partial charge in [0.05, 0.1) is 0 Å². The van der Waals surface area contributed by atoms with Crippen LogP contribution in [0.2, 0.25) is 0 Å². The van der Waals surface area contributed by atoms with E-state index in [2.05, 4.69) is 16.0 Å². The Kier molecular flexibility index (Phi) is 1.24. The van der Waals surface area contributed by atoms with E-state index in [-0.39, 0.29) is 0 Å². The number of aromatic nitrogens is 2. The lowest BCUT2D eigenvalue weighted by Gasteiger charge is -1.88. The highest BCUT2D eigenvalue weighted by atomic mass is 14.9. The summed E-state index contributed by atoms with van der Waals surface area (Å²) in [6.45, 7) is 3.76. The standard InChI is InChI=1S/C6H7N2/c1-5-3-4-7-6(2)8-5/h4H,1-2H3. The molecule has 0 fully saturated rings. The molecule has 0 aliphatic rings. The van der Waals surface area contributed by atoms with E-state index in [9.17, 15) is 0 Å². The minimum absolute atomic E-state index is 0.807. The third kappa shape index (κ3) is 1.03. The molecule has 0 N–H and O–H groups in total. The molecule has 0 spiro atoms. The summed E-state index contributed by atoms with van der Waals surface area (Å²) in [7, 11) is 0. The molecule has 2 heteroatoms. The van der Waals surface area contributed by atoms with E-state index in [1.165, 1.54) is 0 Å². The monoisotopic (exact) mass is 107 g/mol. The maximum absolute atomic E-state index is 4.01. The summed E-state index contributed by atoms with van der Waals surface area (Å²) in [5.74, 6) is 0.807. The van der Waals surface area contributed by atoms with Crippen molar-refractivity contribution >= 4 is 0 Å². The number of nitrogens with zero attached hydrogens (tertiary/aromatic N) is 2. The normalized spacial score (nSPS) is 9.25. The molecule has 1 heterocycles. The van der Waals surface area contributed by atoms with Gasteiger partial charge in [0.1, 0.15) is 5.82 Å². The van der Waals surface area contributed by atoms with Crippen molar-refractivity contribution in [3.63, 3.8) is 0 Å². The van der Waals surface area contributed by atoms with Crippen LogP contribution in [-0.2, 0) is 0 Å². The fraction of sp³-hybridized carbons (Fsp3) is 0.333. The summed E-state index contributed by atoms with van der Waals surface area (Å²) in [5.41, 5.74) is 0.900. The third-order valence-electron chi connectivity index (χ3n) is 0.854. The SMILES string of the molecule is Cc1[c]cnc(C)n1. The zero-order valence-corrected chi connectivity index (χ0v) is 4.97. The molecule has 0 aliphatic carbocycles. The summed E-state index contributed by atoms with van der Waals surface area (Å²) in [4.78, 5) is 7.88. The molecule has 0 amide bonds. The Labute approximate surface area is 48.6 Å². The fourth-order valence-corrected chi connectivity index (χ4v) is 0.523. The van der Waals surface area contributed by atoms with Gasteiger partial charge in [-0.05, 0) is 13.8 Å². The van der Waals surface area contributed by atoms with Crippen molar-refractivity contribution in [2.45, 2.75) is 13.8 Å². The van der Waals surface area contributed by atoms with Gasteiger partial charge in [-0.2, -0.15) is 0 Å². The van der Waals surface area contributed by atoms with Crippen LogP contribution in [0.4, 0.5) is 0 Å². The highest BCUT2D eigenvalue weighted by Gasteiger charge is 1.84. The highest BCUT2D eigenvalue weighted by molar-refractivity contribution is 4.95. The van der Waals surface area contributed by atoms with Gasteiger partial charge in [-0.25, -0.2) is 9.97 Å². The van der Waals surface area contributed by atoms with Gasteiger partial charge in [0.2, 0.25) is 0 Å². The molecule has 0 unspecified atom stereocenters. The lowest BCUT2D eigenvalue weighted by Crippen LogP contribution is -1.87. The lowest BCUT2D eigenvalue weighted by atomic mass is 10.4. The van der Waals surface area contributed by atoms with Gasteiger partial charge in [0.15, 0.2) is 0 Å². The molecule has 8 heavy (non-hydrogen) atoms. The first-order valence-electron chi connectivity index (χ1n) is 2.47. The zero-order chi connectivity index (χ0) is 5.98. The smallest absolute Gasteiger partial charge is 0.125 e. The number of hydrogen-bond acceptors (Lipinski definition) is 2. The predicted molar refractivity (Wildman–Crippen MR) is 30.3 cm³/mol. The van der Waals surface area contributed by atoms with Crippen LogP contribution in [-0.4, -0.2) is 9.97 Å². The Morgan fingerprint density at radius 3 is 2.62 bits per heavy atom. The molecular formula is C6H7N2. The van der Waals surface area contributed by atoms with Gasteiger partial charge in [-0.1, -0.05) is 0 Å². The molecule has 1 aromatic heterocycles. The van der Waals surface area contributed by atoms with Crippen LogP contribution >= 0.6 is 0 Å². The molecule has 41 valence electrons. The minimum atomic E-state index is 0.807. The summed E-state index contributed by atoms with van der Waals surface area (Å²) < 4.78 is 0. The summed E-state index contributed by atoms with van der Waals surface area (Å²) in [6.07, 6.45) is 1.64. The average Bonchev–Trinajstić information content (AvgIpc) is 1.64. The van der Waals surface area contributed by atoms with Crippen molar-refractivity contribution in [2.24, 2.45) is 0 Å². The van der Waals surface area contributed by atoms with E-state index in [4.69, 9.17) is 0 Å². The second-order valence-corrected chi connectivity index (χ2v) is 1.65. The van der Waals surface area contributed by atoms with Crippen molar-refractivity contribution < 1.29 is 0 Å². The van der Waals surface area contributed by atoms with Gasteiger partial charge in [-0.15, -0.1) is 0 Å². The molecule has 0 atom stereocenters. The van der Waals surface area contributed by atoms with E-state index in [0.717, 1.165) is 11.5 Å². The number of hydrogen-bond donors (Lipinski definition) is 0. The average molecular weight is 107 g/mol. The number of aryl methyl sites for hydroxylation is 2. The van der Waals surface area contributed by atoms with E-state index in [0.29, 0.717) is 0 Å². The van der Waals surface area contributed by atoms with Gasteiger partial charge in [0.25, 0.3) is 0 Å². The molecule has 0 bridgehead atoms. The molecular weight excluding hydrogens is 100 g/mol. The van der Waals surface area contributed by atoms with E-state index in [1.807, 2.05) is 13.8 Å². The molecule has 0 aromatic carbocycles. The lowest BCUT2D eigenvalue weighted by molar-refractivity contribution is 1.01. The minimum Gasteiger partial charge on any atom is -0.241 e. The molecule has 1 rings (SSSR count). The van der Waals surface area contributed by atoms with Crippen LogP contribution in [0, 0.1) is 19.9 Å². The van der Waals surface area contributed by atoms with Crippen molar-refractivity contribution in [1.82, 2.24) is 9.97 Å². The molecule has 0 saturated heterocycles. The van der Waals surface area contributed by atoms with Crippen LogP contribution in [0.5, 0.6) is 0 Å². The molecule has 2 nitrogen and oxygen atoms in total. The van der Waals surface area contributed by atoms with Gasteiger partial charge < -0.3 is 0 Å². The fourth-order valence-electron chi connectivity index (χ4n) is 0.523. The van der Waals surface area contributed by atoms with Crippen LogP contribution < -0.4 is 0 Å². The number of rotatable bonds is 0. The summed E-state index contributed by atoms with van der Waals surface area (Å²) in [6, 6.07) is 2.85. The van der Waals surface area contributed by atoms with E-state index < -0.39 is 0 Å².